The van der Waals surface area contributed by atoms with Gasteiger partial charge in [0.25, 0.3) is 0 Å². The minimum atomic E-state index is -4.29. The smallest absolute Gasteiger partial charge is 0.416 e. The van der Waals surface area contributed by atoms with Gasteiger partial charge in [-0.25, -0.2) is 0 Å². The van der Waals surface area contributed by atoms with Crippen molar-refractivity contribution in [2.45, 2.75) is 25.1 Å². The summed E-state index contributed by atoms with van der Waals surface area (Å²) in [4.78, 5) is 0. The lowest BCUT2D eigenvalue weighted by Gasteiger charge is -2.24. The summed E-state index contributed by atoms with van der Waals surface area (Å²) in [6, 6.07) is 4.84. The Hall–Kier alpha value is -1.23. The Morgan fingerprint density at radius 2 is 1.88 bits per heavy atom. The molecule has 0 saturated carbocycles. The van der Waals surface area contributed by atoms with Crippen molar-refractivity contribution < 1.29 is 17.9 Å². The van der Waals surface area contributed by atoms with Crippen molar-refractivity contribution in [3.8, 4) is 5.75 Å². The summed E-state index contributed by atoms with van der Waals surface area (Å²) in [5.41, 5.74) is -0.647. The average molecular weight is 245 g/mol. The van der Waals surface area contributed by atoms with Crippen molar-refractivity contribution in [2.75, 3.05) is 13.1 Å². The first-order chi connectivity index (χ1) is 8.05. The Kier molecular flexibility index (Phi) is 3.57. The van der Waals surface area contributed by atoms with E-state index in [0.717, 1.165) is 38.1 Å². The van der Waals surface area contributed by atoms with Crippen LogP contribution in [0.5, 0.6) is 5.75 Å². The summed E-state index contributed by atoms with van der Waals surface area (Å²) in [5, 5.41) is 3.19. The number of hydrogen-bond acceptors (Lipinski definition) is 2. The van der Waals surface area contributed by atoms with Crippen LogP contribution in [0, 0.1) is 0 Å². The molecule has 2 nitrogen and oxygen atoms in total. The maximum Gasteiger partial charge on any atom is 0.416 e. The summed E-state index contributed by atoms with van der Waals surface area (Å²) in [5.74, 6) is 0.492. The summed E-state index contributed by atoms with van der Waals surface area (Å²) in [7, 11) is 0. The molecular formula is C12H14F3NO. The highest BCUT2D eigenvalue weighted by Crippen LogP contribution is 2.30. The van der Waals surface area contributed by atoms with Crippen LogP contribution >= 0.6 is 0 Å². The van der Waals surface area contributed by atoms with Crippen LogP contribution in [-0.2, 0) is 6.18 Å². The first-order valence-electron chi connectivity index (χ1n) is 5.60. The van der Waals surface area contributed by atoms with Gasteiger partial charge in [-0.2, -0.15) is 13.2 Å². The topological polar surface area (TPSA) is 21.3 Å². The summed E-state index contributed by atoms with van der Waals surface area (Å²) in [6.07, 6.45) is -2.26. The van der Waals surface area contributed by atoms with Crippen LogP contribution in [0.1, 0.15) is 18.4 Å². The molecule has 1 aliphatic rings. The lowest BCUT2D eigenvalue weighted by atomic mass is 10.1. The van der Waals surface area contributed by atoms with E-state index >= 15 is 0 Å². The summed E-state index contributed by atoms with van der Waals surface area (Å²) >= 11 is 0. The van der Waals surface area contributed by atoms with Crippen LogP contribution in [0.15, 0.2) is 24.3 Å². The zero-order valence-electron chi connectivity index (χ0n) is 9.26. The Bertz CT molecular complexity index is 355. The van der Waals surface area contributed by atoms with E-state index in [1.165, 1.54) is 12.1 Å². The van der Waals surface area contributed by atoms with E-state index in [0.29, 0.717) is 5.75 Å². The maximum absolute atomic E-state index is 12.3. The second-order valence-corrected chi connectivity index (χ2v) is 4.11. The van der Waals surface area contributed by atoms with Crippen LogP contribution in [0.4, 0.5) is 13.2 Å². The molecule has 0 aromatic heterocycles. The molecule has 0 bridgehead atoms. The molecule has 1 fully saturated rings. The minimum absolute atomic E-state index is 0.0560. The molecule has 1 N–H and O–H groups in total. The van der Waals surface area contributed by atoms with Gasteiger partial charge in [-0.05, 0) is 43.7 Å². The van der Waals surface area contributed by atoms with E-state index in [9.17, 15) is 13.2 Å². The third-order valence-electron chi connectivity index (χ3n) is 2.74. The number of piperidine rings is 1. The van der Waals surface area contributed by atoms with Gasteiger partial charge in [0, 0.05) is 6.54 Å². The number of nitrogens with one attached hydrogen (secondary N) is 1. The summed E-state index contributed by atoms with van der Waals surface area (Å²) < 4.78 is 42.6. The van der Waals surface area contributed by atoms with Gasteiger partial charge in [-0.1, -0.05) is 0 Å². The lowest BCUT2D eigenvalue weighted by molar-refractivity contribution is -0.137. The van der Waals surface area contributed by atoms with Gasteiger partial charge in [-0.3, -0.25) is 0 Å². The largest absolute Gasteiger partial charge is 0.489 e. The van der Waals surface area contributed by atoms with Crippen molar-refractivity contribution in [3.05, 3.63) is 29.8 Å². The van der Waals surface area contributed by atoms with Crippen molar-refractivity contribution >= 4 is 0 Å². The number of hydrogen-bond donors (Lipinski definition) is 1. The maximum atomic E-state index is 12.3. The molecule has 0 spiro atoms. The predicted molar refractivity (Wildman–Crippen MR) is 58.0 cm³/mol. The Balaban J connectivity index is 1.98. The number of ether oxygens (including phenoxy) is 1. The molecule has 17 heavy (non-hydrogen) atoms. The third kappa shape index (κ3) is 3.36. The number of benzene rings is 1. The first kappa shape index (κ1) is 12.2. The van der Waals surface area contributed by atoms with E-state index in [1.54, 1.807) is 0 Å². The molecule has 5 heteroatoms. The fraction of sp³-hybridized carbons (Fsp3) is 0.500. The average Bonchev–Trinajstić information content (AvgIpc) is 2.30. The highest BCUT2D eigenvalue weighted by molar-refractivity contribution is 5.29. The minimum Gasteiger partial charge on any atom is -0.489 e. The molecule has 1 aromatic carbocycles. The second kappa shape index (κ2) is 4.96. The standard InChI is InChI=1S/C12H14F3NO/c13-12(14,15)9-3-5-10(6-4-9)17-11-2-1-7-16-8-11/h3-6,11,16H,1-2,7-8H2/t11-/m0/s1. The number of halogens is 3. The number of rotatable bonds is 2. The Labute approximate surface area is 97.8 Å². The van der Waals surface area contributed by atoms with E-state index in [1.807, 2.05) is 0 Å². The molecular weight excluding hydrogens is 231 g/mol. The van der Waals surface area contributed by atoms with E-state index in [2.05, 4.69) is 5.32 Å². The van der Waals surface area contributed by atoms with Gasteiger partial charge in [-0.15, -0.1) is 0 Å². The Morgan fingerprint density at radius 3 is 2.41 bits per heavy atom. The van der Waals surface area contributed by atoms with Gasteiger partial charge in [0.15, 0.2) is 0 Å². The fourth-order valence-corrected chi connectivity index (χ4v) is 1.84. The zero-order valence-corrected chi connectivity index (χ0v) is 9.26. The van der Waals surface area contributed by atoms with Crippen LogP contribution in [0.2, 0.25) is 0 Å². The first-order valence-corrected chi connectivity index (χ1v) is 5.60. The highest BCUT2D eigenvalue weighted by atomic mass is 19.4. The van der Waals surface area contributed by atoms with E-state index in [-0.39, 0.29) is 6.10 Å². The molecule has 0 aliphatic carbocycles. The van der Waals surface area contributed by atoms with Crippen molar-refractivity contribution in [1.29, 1.82) is 0 Å². The molecule has 0 unspecified atom stereocenters. The molecule has 0 amide bonds. The molecule has 0 radical (unpaired) electrons. The predicted octanol–water partition coefficient (Wildman–Crippen LogP) is 2.84. The van der Waals surface area contributed by atoms with Gasteiger partial charge < -0.3 is 10.1 Å². The second-order valence-electron chi connectivity index (χ2n) is 4.11. The molecule has 94 valence electrons. The lowest BCUT2D eigenvalue weighted by Crippen LogP contribution is -2.37. The molecule has 1 atom stereocenters. The SMILES string of the molecule is FC(F)(F)c1ccc(O[C@H]2CCCNC2)cc1. The third-order valence-corrected chi connectivity index (χ3v) is 2.74. The monoisotopic (exact) mass is 245 g/mol. The molecule has 1 aromatic rings. The van der Waals surface area contributed by atoms with Crippen molar-refractivity contribution in [3.63, 3.8) is 0 Å². The van der Waals surface area contributed by atoms with Crippen LogP contribution in [0.3, 0.4) is 0 Å². The van der Waals surface area contributed by atoms with Crippen LogP contribution in [-0.4, -0.2) is 19.2 Å². The van der Waals surface area contributed by atoms with Crippen molar-refractivity contribution in [2.24, 2.45) is 0 Å². The molecule has 1 saturated heterocycles. The Morgan fingerprint density at radius 1 is 1.18 bits per heavy atom. The van der Waals surface area contributed by atoms with Crippen molar-refractivity contribution in [1.82, 2.24) is 5.32 Å². The summed E-state index contributed by atoms with van der Waals surface area (Å²) in [6.45, 7) is 1.73. The van der Waals surface area contributed by atoms with Crippen LogP contribution < -0.4 is 10.1 Å². The number of alkyl halides is 3. The van der Waals surface area contributed by atoms with E-state index in [4.69, 9.17) is 4.74 Å². The normalized spacial score (nSPS) is 21.2. The molecule has 2 rings (SSSR count). The fourth-order valence-electron chi connectivity index (χ4n) is 1.84. The van der Waals surface area contributed by atoms with Gasteiger partial charge >= 0.3 is 6.18 Å². The zero-order chi connectivity index (χ0) is 12.3. The quantitative estimate of drug-likeness (QED) is 0.865. The van der Waals surface area contributed by atoms with Gasteiger partial charge in [0.2, 0.25) is 0 Å². The van der Waals surface area contributed by atoms with E-state index < -0.39 is 11.7 Å². The highest BCUT2D eigenvalue weighted by Gasteiger charge is 2.30. The van der Waals surface area contributed by atoms with Gasteiger partial charge in [0.1, 0.15) is 11.9 Å². The molecule has 1 heterocycles. The molecule has 1 aliphatic heterocycles. The van der Waals surface area contributed by atoms with Gasteiger partial charge in [0.05, 0.1) is 5.56 Å². The van der Waals surface area contributed by atoms with Crippen LogP contribution in [0.25, 0.3) is 0 Å².